The minimum Gasteiger partial charge on any atom is -0.369 e. The molecule has 2 aliphatic rings. The van der Waals surface area contributed by atoms with Crippen LogP contribution in [0.15, 0.2) is 23.8 Å². The minimum atomic E-state index is -0.358. The van der Waals surface area contributed by atoms with Crippen LogP contribution < -0.4 is 5.73 Å². The van der Waals surface area contributed by atoms with E-state index in [1.807, 2.05) is 12.2 Å². The molecular weight excluding hydrogens is 202 g/mol. The number of amides is 1. The zero-order valence-corrected chi connectivity index (χ0v) is 9.59. The van der Waals surface area contributed by atoms with Gasteiger partial charge < -0.3 is 10.5 Å². The Hall–Kier alpha value is -1.38. The summed E-state index contributed by atoms with van der Waals surface area (Å²) < 4.78 is 0. The van der Waals surface area contributed by atoms with Gasteiger partial charge in [0.15, 0.2) is 0 Å². The summed E-state index contributed by atoms with van der Waals surface area (Å²) in [5.74, 6) is -0.361. The molecule has 4 atom stereocenters. The van der Waals surface area contributed by atoms with Crippen molar-refractivity contribution in [3.05, 3.63) is 23.8 Å². The largest absolute Gasteiger partial charge is 0.369 e. The standard InChI is InChI=1S/C13H17NO2/c1-7(2)5-10-8-3-4-9(10)12(13(14)16)11(8)6-15/h3-9,11-12H,1-2H3,(H2,14,16). The molecule has 1 saturated carbocycles. The maximum atomic E-state index is 11.4. The molecule has 0 aromatic heterocycles. The van der Waals surface area contributed by atoms with Crippen LogP contribution in [0.4, 0.5) is 0 Å². The predicted octanol–water partition coefficient (Wildman–Crippen LogP) is 1.30. The number of carbonyl (C=O) groups excluding carboxylic acids is 2. The van der Waals surface area contributed by atoms with Crippen LogP contribution in [0.3, 0.4) is 0 Å². The van der Waals surface area contributed by atoms with Crippen LogP contribution in [0.2, 0.25) is 0 Å². The molecule has 2 rings (SSSR count). The van der Waals surface area contributed by atoms with Crippen molar-refractivity contribution in [1.82, 2.24) is 0 Å². The first kappa shape index (κ1) is 11.1. The molecule has 1 amide bonds. The first-order valence-corrected chi connectivity index (χ1v) is 5.70. The fourth-order valence-electron chi connectivity index (χ4n) is 2.97. The Morgan fingerprint density at radius 2 is 2.00 bits per heavy atom. The zero-order chi connectivity index (χ0) is 11.9. The van der Waals surface area contributed by atoms with Crippen molar-refractivity contribution in [2.24, 2.45) is 35.3 Å². The van der Waals surface area contributed by atoms with Gasteiger partial charge in [-0.3, -0.25) is 4.79 Å². The molecule has 0 aliphatic heterocycles. The van der Waals surface area contributed by atoms with Crippen LogP contribution in [-0.2, 0) is 9.59 Å². The fraction of sp³-hybridized carbons (Fsp3) is 0.538. The maximum Gasteiger partial charge on any atom is 0.222 e. The molecule has 0 aromatic rings. The molecule has 2 N–H and O–H groups in total. The molecule has 86 valence electrons. The second-order valence-electron chi connectivity index (χ2n) is 4.99. The summed E-state index contributed by atoms with van der Waals surface area (Å²) >= 11 is 0. The number of primary amides is 1. The van der Waals surface area contributed by atoms with Crippen LogP contribution in [0.25, 0.3) is 0 Å². The summed E-state index contributed by atoms with van der Waals surface area (Å²) in [4.78, 5) is 22.5. The number of carbonyl (C=O) groups is 2. The molecule has 0 aromatic carbocycles. The van der Waals surface area contributed by atoms with Crippen molar-refractivity contribution in [3.8, 4) is 0 Å². The summed E-state index contributed by atoms with van der Waals surface area (Å²) in [6.45, 7) is 4.19. The van der Waals surface area contributed by atoms with E-state index in [1.165, 1.54) is 5.57 Å². The van der Waals surface area contributed by atoms with Gasteiger partial charge in [0.2, 0.25) is 5.91 Å². The number of aldehydes is 1. The number of nitrogens with two attached hydrogens (primary N) is 1. The van der Waals surface area contributed by atoms with Crippen LogP contribution in [-0.4, -0.2) is 12.2 Å². The first-order valence-electron chi connectivity index (χ1n) is 5.70. The monoisotopic (exact) mass is 219 g/mol. The lowest BCUT2D eigenvalue weighted by molar-refractivity contribution is -0.127. The molecule has 16 heavy (non-hydrogen) atoms. The molecule has 2 bridgehead atoms. The second-order valence-corrected chi connectivity index (χ2v) is 4.99. The second kappa shape index (κ2) is 3.89. The molecule has 0 radical (unpaired) electrons. The summed E-state index contributed by atoms with van der Waals surface area (Å²) in [6, 6.07) is 0. The molecule has 0 saturated heterocycles. The number of hydrogen-bond donors (Lipinski definition) is 1. The van der Waals surface area contributed by atoms with Gasteiger partial charge in [0.25, 0.3) is 0 Å². The predicted molar refractivity (Wildman–Crippen MR) is 61.3 cm³/mol. The third-order valence-corrected chi connectivity index (χ3v) is 3.52. The Bertz CT molecular complexity index is 381. The lowest BCUT2D eigenvalue weighted by Gasteiger charge is -2.19. The molecule has 3 heteroatoms. The van der Waals surface area contributed by atoms with Crippen LogP contribution in [0.5, 0.6) is 0 Å². The molecule has 4 unspecified atom stereocenters. The van der Waals surface area contributed by atoms with E-state index >= 15 is 0 Å². The molecule has 0 heterocycles. The van der Waals surface area contributed by atoms with Crippen molar-refractivity contribution in [3.63, 3.8) is 0 Å². The van der Waals surface area contributed by atoms with Crippen molar-refractivity contribution < 1.29 is 9.59 Å². The van der Waals surface area contributed by atoms with Gasteiger partial charge in [-0.05, 0) is 5.92 Å². The average Bonchev–Trinajstić information content (AvgIpc) is 2.71. The van der Waals surface area contributed by atoms with Gasteiger partial charge in [0.1, 0.15) is 6.29 Å². The molecule has 3 nitrogen and oxygen atoms in total. The average molecular weight is 219 g/mol. The molecule has 1 fully saturated rings. The Labute approximate surface area is 95.4 Å². The highest BCUT2D eigenvalue weighted by atomic mass is 16.1. The number of allylic oxidation sites excluding steroid dienone is 4. The first-order chi connectivity index (χ1) is 7.56. The van der Waals surface area contributed by atoms with Crippen molar-refractivity contribution >= 4 is 12.2 Å². The van der Waals surface area contributed by atoms with Gasteiger partial charge in [0, 0.05) is 17.8 Å². The van der Waals surface area contributed by atoms with Crippen LogP contribution in [0, 0.1) is 29.6 Å². The van der Waals surface area contributed by atoms with E-state index in [4.69, 9.17) is 5.73 Å². The lowest BCUT2D eigenvalue weighted by Crippen LogP contribution is -2.33. The summed E-state index contributed by atoms with van der Waals surface area (Å²) in [7, 11) is 0. The third kappa shape index (κ3) is 1.51. The van der Waals surface area contributed by atoms with E-state index in [0.29, 0.717) is 5.92 Å². The van der Waals surface area contributed by atoms with Crippen molar-refractivity contribution in [1.29, 1.82) is 0 Å². The van der Waals surface area contributed by atoms with E-state index in [0.717, 1.165) is 6.29 Å². The Kier molecular flexibility index (Phi) is 2.70. The minimum absolute atomic E-state index is 0.0556. The van der Waals surface area contributed by atoms with Gasteiger partial charge in [-0.1, -0.05) is 37.6 Å². The third-order valence-electron chi connectivity index (χ3n) is 3.52. The zero-order valence-electron chi connectivity index (χ0n) is 9.59. The number of fused-ring (bicyclic) bond motifs is 2. The quantitative estimate of drug-likeness (QED) is 0.574. The Morgan fingerprint density at radius 1 is 1.38 bits per heavy atom. The Balaban J connectivity index is 2.38. The molecule has 0 spiro atoms. The van der Waals surface area contributed by atoms with Crippen LogP contribution >= 0.6 is 0 Å². The summed E-state index contributed by atoms with van der Waals surface area (Å²) in [5.41, 5.74) is 6.59. The molecular formula is C13H17NO2. The van der Waals surface area contributed by atoms with Gasteiger partial charge in [0.05, 0.1) is 5.92 Å². The van der Waals surface area contributed by atoms with Crippen molar-refractivity contribution in [2.75, 3.05) is 0 Å². The highest BCUT2D eigenvalue weighted by Crippen LogP contribution is 2.51. The van der Waals surface area contributed by atoms with Gasteiger partial charge in [-0.15, -0.1) is 0 Å². The van der Waals surface area contributed by atoms with E-state index < -0.39 is 0 Å². The maximum absolute atomic E-state index is 11.4. The highest BCUT2D eigenvalue weighted by Gasteiger charge is 2.50. The molecule has 2 aliphatic carbocycles. The Morgan fingerprint density at radius 3 is 2.44 bits per heavy atom. The normalized spacial score (nSPS) is 38.6. The van der Waals surface area contributed by atoms with Crippen molar-refractivity contribution in [2.45, 2.75) is 13.8 Å². The van der Waals surface area contributed by atoms with Gasteiger partial charge >= 0.3 is 0 Å². The lowest BCUT2D eigenvalue weighted by atomic mass is 9.84. The highest BCUT2D eigenvalue weighted by molar-refractivity contribution is 5.84. The van der Waals surface area contributed by atoms with Crippen LogP contribution in [0.1, 0.15) is 13.8 Å². The van der Waals surface area contributed by atoms with Gasteiger partial charge in [-0.25, -0.2) is 0 Å². The van der Waals surface area contributed by atoms with E-state index in [1.54, 1.807) is 0 Å². The topological polar surface area (TPSA) is 60.2 Å². The number of rotatable bonds is 3. The summed E-state index contributed by atoms with van der Waals surface area (Å²) in [5, 5.41) is 0. The van der Waals surface area contributed by atoms with E-state index in [2.05, 4.69) is 19.9 Å². The SMILES string of the molecule is CC(C)C=C1C2C=CC1C(C(N)=O)C2C=O. The number of hydrogen-bond acceptors (Lipinski definition) is 2. The van der Waals surface area contributed by atoms with E-state index in [-0.39, 0.29) is 29.6 Å². The fourth-order valence-corrected chi connectivity index (χ4v) is 2.97. The summed E-state index contributed by atoms with van der Waals surface area (Å²) in [6.07, 6.45) is 7.11. The smallest absolute Gasteiger partial charge is 0.222 e. The van der Waals surface area contributed by atoms with Gasteiger partial charge in [-0.2, -0.15) is 0 Å². The van der Waals surface area contributed by atoms with E-state index in [9.17, 15) is 9.59 Å².